The number of thiazole rings is 1. The van der Waals surface area contributed by atoms with Gasteiger partial charge in [-0.05, 0) is 6.92 Å². The van der Waals surface area contributed by atoms with E-state index in [1.165, 1.54) is 0 Å². The second-order valence-electron chi connectivity index (χ2n) is 2.93. The monoisotopic (exact) mass is 208 g/mol. The molecule has 4 nitrogen and oxygen atoms in total. The van der Waals surface area contributed by atoms with E-state index in [0.717, 1.165) is 24.0 Å². The predicted molar refractivity (Wildman–Crippen MR) is 57.6 cm³/mol. The normalized spacial score (nSPS) is 10.4. The predicted octanol–water partition coefficient (Wildman–Crippen LogP) is 1.76. The molecular weight excluding hydrogens is 196 g/mol. The third kappa shape index (κ3) is 2.11. The minimum absolute atomic E-state index is 0.880. The molecule has 0 amide bonds. The van der Waals surface area contributed by atoms with Gasteiger partial charge in [0, 0.05) is 37.1 Å². The summed E-state index contributed by atoms with van der Waals surface area (Å²) in [5, 5.41) is 6.19. The highest BCUT2D eigenvalue weighted by molar-refractivity contribution is 7.13. The minimum Gasteiger partial charge on any atom is -0.360 e. The van der Waals surface area contributed by atoms with Crippen LogP contribution in [0.15, 0.2) is 24.0 Å². The van der Waals surface area contributed by atoms with Crippen LogP contribution in [0.25, 0.3) is 0 Å². The van der Waals surface area contributed by atoms with Crippen molar-refractivity contribution in [2.45, 2.75) is 13.5 Å². The van der Waals surface area contributed by atoms with Crippen molar-refractivity contribution in [3.05, 3.63) is 29.8 Å². The fourth-order valence-corrected chi connectivity index (χ4v) is 1.79. The summed E-state index contributed by atoms with van der Waals surface area (Å²) in [5.74, 6) is 1.05. The SMILES string of the molecule is Cc1nccn1CCNc1nccs1. The molecule has 14 heavy (non-hydrogen) atoms. The van der Waals surface area contributed by atoms with E-state index in [1.807, 2.05) is 24.7 Å². The highest BCUT2D eigenvalue weighted by Gasteiger charge is 1.96. The number of rotatable bonds is 4. The lowest BCUT2D eigenvalue weighted by atomic mass is 10.5. The van der Waals surface area contributed by atoms with E-state index in [1.54, 1.807) is 17.5 Å². The van der Waals surface area contributed by atoms with E-state index in [9.17, 15) is 0 Å². The first-order chi connectivity index (χ1) is 6.86. The average molecular weight is 208 g/mol. The Kier molecular flexibility index (Phi) is 2.78. The Labute approximate surface area is 86.6 Å². The van der Waals surface area contributed by atoms with Gasteiger partial charge in [0.15, 0.2) is 5.13 Å². The number of imidazole rings is 1. The molecule has 0 saturated carbocycles. The first-order valence-electron chi connectivity index (χ1n) is 4.47. The molecule has 0 fully saturated rings. The van der Waals surface area contributed by atoms with E-state index < -0.39 is 0 Å². The Balaban J connectivity index is 1.81. The smallest absolute Gasteiger partial charge is 0.182 e. The molecule has 0 aliphatic carbocycles. The van der Waals surface area contributed by atoms with Crippen LogP contribution in [0.3, 0.4) is 0 Å². The summed E-state index contributed by atoms with van der Waals surface area (Å²) in [7, 11) is 0. The van der Waals surface area contributed by atoms with Gasteiger partial charge >= 0.3 is 0 Å². The Morgan fingerprint density at radius 3 is 3.00 bits per heavy atom. The van der Waals surface area contributed by atoms with Gasteiger partial charge in [-0.1, -0.05) is 0 Å². The molecular formula is C9H12N4S. The maximum absolute atomic E-state index is 4.15. The van der Waals surface area contributed by atoms with E-state index in [2.05, 4.69) is 19.9 Å². The number of hydrogen-bond acceptors (Lipinski definition) is 4. The molecule has 2 heterocycles. The summed E-state index contributed by atoms with van der Waals surface area (Å²) in [6, 6.07) is 0. The van der Waals surface area contributed by atoms with Crippen LogP contribution < -0.4 is 5.32 Å². The Morgan fingerprint density at radius 2 is 2.36 bits per heavy atom. The summed E-state index contributed by atoms with van der Waals surface area (Å²) in [4.78, 5) is 8.29. The number of nitrogens with zero attached hydrogens (tertiary/aromatic N) is 3. The largest absolute Gasteiger partial charge is 0.360 e. The van der Waals surface area contributed by atoms with Crippen LogP contribution in [-0.2, 0) is 6.54 Å². The zero-order valence-corrected chi connectivity index (χ0v) is 8.79. The number of hydrogen-bond donors (Lipinski definition) is 1. The highest BCUT2D eigenvalue weighted by Crippen LogP contribution is 2.09. The van der Waals surface area contributed by atoms with Crippen molar-refractivity contribution in [3.63, 3.8) is 0 Å². The molecule has 5 heteroatoms. The second-order valence-corrected chi connectivity index (χ2v) is 3.83. The lowest BCUT2D eigenvalue weighted by Crippen LogP contribution is -2.10. The van der Waals surface area contributed by atoms with Gasteiger partial charge in [0.2, 0.25) is 0 Å². The van der Waals surface area contributed by atoms with Crippen molar-refractivity contribution in [1.29, 1.82) is 0 Å². The lowest BCUT2D eigenvalue weighted by molar-refractivity contribution is 0.700. The average Bonchev–Trinajstić information content (AvgIpc) is 2.78. The summed E-state index contributed by atoms with van der Waals surface area (Å²) < 4.78 is 2.11. The Hall–Kier alpha value is -1.36. The topological polar surface area (TPSA) is 42.7 Å². The van der Waals surface area contributed by atoms with Crippen molar-refractivity contribution >= 4 is 16.5 Å². The van der Waals surface area contributed by atoms with Gasteiger partial charge in [-0.25, -0.2) is 9.97 Å². The minimum atomic E-state index is 0.880. The van der Waals surface area contributed by atoms with Crippen LogP contribution in [0.4, 0.5) is 5.13 Å². The van der Waals surface area contributed by atoms with Crippen molar-refractivity contribution in [1.82, 2.24) is 14.5 Å². The van der Waals surface area contributed by atoms with Gasteiger partial charge in [-0.3, -0.25) is 0 Å². The van der Waals surface area contributed by atoms with E-state index in [4.69, 9.17) is 0 Å². The molecule has 0 aromatic carbocycles. The van der Waals surface area contributed by atoms with Crippen molar-refractivity contribution < 1.29 is 0 Å². The van der Waals surface area contributed by atoms with E-state index >= 15 is 0 Å². The van der Waals surface area contributed by atoms with Crippen molar-refractivity contribution in [2.24, 2.45) is 0 Å². The second kappa shape index (κ2) is 4.23. The zero-order chi connectivity index (χ0) is 9.80. The molecule has 2 aromatic rings. The first kappa shape index (κ1) is 9.21. The van der Waals surface area contributed by atoms with Crippen LogP contribution in [0.1, 0.15) is 5.82 Å². The van der Waals surface area contributed by atoms with Gasteiger partial charge in [-0.15, -0.1) is 11.3 Å². The van der Waals surface area contributed by atoms with Crippen LogP contribution >= 0.6 is 11.3 Å². The molecule has 2 rings (SSSR count). The molecule has 0 unspecified atom stereocenters. The van der Waals surface area contributed by atoms with Crippen molar-refractivity contribution in [2.75, 3.05) is 11.9 Å². The molecule has 74 valence electrons. The molecule has 0 saturated heterocycles. The number of aryl methyl sites for hydroxylation is 1. The van der Waals surface area contributed by atoms with Crippen LogP contribution in [0.5, 0.6) is 0 Å². The van der Waals surface area contributed by atoms with E-state index in [0.29, 0.717) is 0 Å². The van der Waals surface area contributed by atoms with E-state index in [-0.39, 0.29) is 0 Å². The summed E-state index contributed by atoms with van der Waals surface area (Å²) in [5.41, 5.74) is 0. The van der Waals surface area contributed by atoms with Gasteiger partial charge in [0.25, 0.3) is 0 Å². The molecule has 1 N–H and O–H groups in total. The quantitative estimate of drug-likeness (QED) is 0.832. The highest BCUT2D eigenvalue weighted by atomic mass is 32.1. The summed E-state index contributed by atoms with van der Waals surface area (Å²) in [6.45, 7) is 3.81. The van der Waals surface area contributed by atoms with Crippen LogP contribution in [-0.4, -0.2) is 21.1 Å². The number of anilines is 1. The fourth-order valence-electron chi connectivity index (χ4n) is 1.23. The Bertz CT molecular complexity index is 379. The molecule has 0 bridgehead atoms. The molecule has 0 aliphatic heterocycles. The number of aromatic nitrogens is 3. The number of nitrogens with one attached hydrogen (secondary N) is 1. The molecule has 0 radical (unpaired) electrons. The summed E-state index contributed by atoms with van der Waals surface area (Å²) in [6.07, 6.45) is 5.60. The summed E-state index contributed by atoms with van der Waals surface area (Å²) >= 11 is 1.62. The van der Waals surface area contributed by atoms with Crippen molar-refractivity contribution in [3.8, 4) is 0 Å². The first-order valence-corrected chi connectivity index (χ1v) is 5.35. The zero-order valence-electron chi connectivity index (χ0n) is 7.97. The third-order valence-electron chi connectivity index (χ3n) is 1.98. The van der Waals surface area contributed by atoms with Crippen LogP contribution in [0.2, 0.25) is 0 Å². The fraction of sp³-hybridized carbons (Fsp3) is 0.333. The van der Waals surface area contributed by atoms with Gasteiger partial charge < -0.3 is 9.88 Å². The maximum atomic E-state index is 4.15. The molecule has 0 atom stereocenters. The molecule has 0 aliphatic rings. The van der Waals surface area contributed by atoms with Gasteiger partial charge in [0.1, 0.15) is 5.82 Å². The standard InChI is InChI=1S/C9H12N4S/c1-8-10-2-5-13(8)6-3-11-9-12-4-7-14-9/h2,4-5,7H,3,6H2,1H3,(H,11,12). The lowest BCUT2D eigenvalue weighted by Gasteiger charge is -2.05. The van der Waals surface area contributed by atoms with Gasteiger partial charge in [-0.2, -0.15) is 0 Å². The Morgan fingerprint density at radius 1 is 1.43 bits per heavy atom. The molecule has 0 spiro atoms. The third-order valence-corrected chi connectivity index (χ3v) is 2.72. The molecule has 2 aromatic heterocycles. The van der Waals surface area contributed by atoms with Gasteiger partial charge in [0.05, 0.1) is 0 Å². The van der Waals surface area contributed by atoms with Crippen LogP contribution in [0, 0.1) is 6.92 Å². The maximum Gasteiger partial charge on any atom is 0.182 e.